The van der Waals surface area contributed by atoms with Crippen LogP contribution in [0.3, 0.4) is 0 Å². The third kappa shape index (κ3) is 13.3. The largest absolute Gasteiger partial charge is 0.496 e. The molecule has 0 bridgehead atoms. The van der Waals surface area contributed by atoms with Crippen molar-refractivity contribution >= 4 is 28.3 Å². The van der Waals surface area contributed by atoms with Gasteiger partial charge >= 0.3 is 10.4 Å². The zero-order valence-electron chi connectivity index (χ0n) is 36.7. The number of allylic oxidation sites excluding steroid dienone is 3. The zero-order valence-corrected chi connectivity index (χ0v) is 37.5. The second-order valence-electron chi connectivity index (χ2n) is 16.6. The molecule has 16 nitrogen and oxygen atoms in total. The second kappa shape index (κ2) is 21.7. The molecule has 6 atom stereocenters. The highest BCUT2D eigenvalue weighted by molar-refractivity contribution is 7.95. The highest BCUT2D eigenvalue weighted by Crippen LogP contribution is 2.37. The third-order valence-electron chi connectivity index (χ3n) is 11.1. The van der Waals surface area contributed by atoms with Gasteiger partial charge in [-0.15, -0.1) is 0 Å². The highest BCUT2D eigenvalue weighted by atomic mass is 32.3. The van der Waals surface area contributed by atoms with Crippen LogP contribution >= 0.6 is 0 Å². The quantitative estimate of drug-likeness (QED) is 0.0485. The Bertz CT molecular complexity index is 1900. The molecular weight excluding hydrogens is 783 g/mol. The standard InChI is InChI=1S/C43H69N11O5S/c1-9-54(24-22-45-5)23-12-20-47-40(44)32-16-15-29(27-37(32)58-7)49-41-48-21-19-38(52-41)59-36-18-17-33(30-13-10-11-14-31(30)36)50-42(55)51-34-25-28(43(2,3)4)26-35(39(34)46-6)53-60(8,56)57/h10,13,15-16,18,21,26-27,33-34,38,40,42,45-47,50-51,55H,9,11-12,14,17,19-20,22-25,44H2,1-8H3,(H2-,49,52,53,56,57)/p+1. The SMILES string of the molecule is CCN(CCCNC(N)c1ccc(NC2=NC(OC3=CCC(NC(O)NC4CC(C(C)(C)C)=CC(N[S+](C)(=O)O)=C4NC)C4=C3CCC=C4)CC=N2)cc1OC)CCNC. The molecule has 0 saturated heterocycles. The Kier molecular flexibility index (Phi) is 17.1. The Morgan fingerprint density at radius 1 is 1.12 bits per heavy atom. The lowest BCUT2D eigenvalue weighted by atomic mass is 9.79. The summed E-state index contributed by atoms with van der Waals surface area (Å²) in [7, 11) is 2.11. The molecule has 332 valence electrons. The van der Waals surface area contributed by atoms with Gasteiger partial charge in [0.05, 0.1) is 25.0 Å². The lowest BCUT2D eigenvalue weighted by molar-refractivity contribution is 0.0809. The molecule has 4 aliphatic rings. The van der Waals surface area contributed by atoms with Crippen molar-refractivity contribution < 1.29 is 23.3 Å². The van der Waals surface area contributed by atoms with Crippen molar-refractivity contribution in [1.82, 2.24) is 36.2 Å². The molecule has 1 heterocycles. The molecule has 6 unspecified atom stereocenters. The first-order valence-electron chi connectivity index (χ1n) is 21.1. The number of nitrogens with zero attached hydrogens (tertiary/aromatic N) is 3. The van der Waals surface area contributed by atoms with E-state index in [0.29, 0.717) is 42.4 Å². The number of aliphatic hydroxyl groups excluding tert-OH is 1. The number of aliphatic imine (C=N–C) groups is 2. The summed E-state index contributed by atoms with van der Waals surface area (Å²) in [6.07, 6.45) is 13.8. The molecule has 0 spiro atoms. The number of hydrogen-bond acceptors (Lipinski definition) is 14. The predicted octanol–water partition coefficient (Wildman–Crippen LogP) is 3.80. The van der Waals surface area contributed by atoms with Crippen molar-refractivity contribution in [3.8, 4) is 5.75 Å². The Balaban J connectivity index is 1.20. The van der Waals surface area contributed by atoms with E-state index >= 15 is 0 Å². The summed E-state index contributed by atoms with van der Waals surface area (Å²) in [5.41, 5.74) is 12.5. The summed E-state index contributed by atoms with van der Waals surface area (Å²) in [4.78, 5) is 11.7. The van der Waals surface area contributed by atoms with E-state index in [0.717, 1.165) is 85.7 Å². The van der Waals surface area contributed by atoms with E-state index in [2.05, 4.69) is 92.4 Å². The minimum absolute atomic E-state index is 0.172. The minimum atomic E-state index is -3.28. The Hall–Kier alpha value is -3.91. The average molecular weight is 853 g/mol. The lowest BCUT2D eigenvalue weighted by Crippen LogP contribution is -2.54. The number of hydrogen-bond donors (Lipinski definition) is 10. The van der Waals surface area contributed by atoms with Crippen LogP contribution in [0.2, 0.25) is 0 Å². The van der Waals surface area contributed by atoms with Crippen LogP contribution in [0.1, 0.15) is 77.9 Å². The maximum atomic E-state index is 12.4. The van der Waals surface area contributed by atoms with Gasteiger partial charge in [-0.25, -0.2) is 9.98 Å². The fourth-order valence-electron chi connectivity index (χ4n) is 7.82. The summed E-state index contributed by atoms with van der Waals surface area (Å²) < 4.78 is 37.6. The van der Waals surface area contributed by atoms with E-state index in [1.54, 1.807) is 14.2 Å². The molecule has 0 saturated carbocycles. The Labute approximate surface area is 358 Å². The maximum absolute atomic E-state index is 12.4. The van der Waals surface area contributed by atoms with Crippen molar-refractivity contribution in [1.29, 1.82) is 0 Å². The molecule has 0 aromatic heterocycles. The van der Waals surface area contributed by atoms with E-state index in [1.807, 2.05) is 37.5 Å². The Morgan fingerprint density at radius 2 is 1.90 bits per heavy atom. The van der Waals surface area contributed by atoms with E-state index in [1.165, 1.54) is 6.26 Å². The van der Waals surface area contributed by atoms with E-state index < -0.39 is 23.0 Å². The maximum Gasteiger partial charge on any atom is 0.307 e. The van der Waals surface area contributed by atoms with Gasteiger partial charge in [0.2, 0.25) is 5.96 Å². The van der Waals surface area contributed by atoms with Gasteiger partial charge in [0.25, 0.3) is 0 Å². The average Bonchev–Trinajstić information content (AvgIpc) is 3.20. The van der Waals surface area contributed by atoms with Crippen molar-refractivity contribution in [2.45, 2.75) is 97.0 Å². The van der Waals surface area contributed by atoms with Crippen LogP contribution in [0.5, 0.6) is 5.75 Å². The molecule has 11 N–H and O–H groups in total. The van der Waals surface area contributed by atoms with Crippen LogP contribution in [0, 0.1) is 5.41 Å². The number of guanidine groups is 1. The number of nitrogens with one attached hydrogen (secondary N) is 7. The molecule has 17 heteroatoms. The summed E-state index contributed by atoms with van der Waals surface area (Å²) in [5.74, 6) is 1.89. The van der Waals surface area contributed by atoms with Gasteiger partial charge in [0.1, 0.15) is 17.2 Å². The first kappa shape index (κ1) is 47.1. The number of methoxy groups -OCH3 is 1. The fraction of sp³-hybridized carbons (Fsp3) is 0.581. The van der Waals surface area contributed by atoms with Crippen molar-refractivity contribution in [2.75, 3.05) is 65.5 Å². The summed E-state index contributed by atoms with van der Waals surface area (Å²) in [5, 5.41) is 31.3. The molecule has 1 aliphatic heterocycles. The van der Waals surface area contributed by atoms with E-state index in [-0.39, 0.29) is 23.7 Å². The smallest absolute Gasteiger partial charge is 0.307 e. The summed E-state index contributed by atoms with van der Waals surface area (Å²) in [6.45, 7) is 13.3. The molecule has 5 rings (SSSR count). The fourth-order valence-corrected chi connectivity index (χ4v) is 8.40. The topological polar surface area (TPSA) is 214 Å². The Morgan fingerprint density at radius 3 is 2.60 bits per heavy atom. The van der Waals surface area contributed by atoms with Gasteiger partial charge in [0.15, 0.2) is 18.8 Å². The van der Waals surface area contributed by atoms with Gasteiger partial charge in [-0.3, -0.25) is 16.0 Å². The molecule has 0 amide bonds. The monoisotopic (exact) mass is 853 g/mol. The van der Waals surface area contributed by atoms with Crippen LogP contribution in [-0.2, 0) is 19.3 Å². The minimum Gasteiger partial charge on any atom is -0.496 e. The zero-order chi connectivity index (χ0) is 43.5. The second-order valence-corrected chi connectivity index (χ2v) is 18.4. The molecule has 0 fully saturated rings. The molecule has 3 aliphatic carbocycles. The third-order valence-corrected chi connectivity index (χ3v) is 11.7. The number of ether oxygens (including phenoxy) is 2. The van der Waals surface area contributed by atoms with Crippen LogP contribution in [0.4, 0.5) is 5.69 Å². The van der Waals surface area contributed by atoms with Crippen molar-refractivity contribution in [3.63, 3.8) is 0 Å². The summed E-state index contributed by atoms with van der Waals surface area (Å²) in [6, 6.07) is 5.29. The normalized spacial score (nSPS) is 22.7. The first-order valence-corrected chi connectivity index (χ1v) is 23.0. The van der Waals surface area contributed by atoms with Crippen LogP contribution in [0.15, 0.2) is 86.4 Å². The van der Waals surface area contributed by atoms with Gasteiger partial charge in [-0.2, -0.15) is 9.27 Å². The molecule has 1 aromatic carbocycles. The highest BCUT2D eigenvalue weighted by Gasteiger charge is 2.34. The number of benzene rings is 1. The van der Waals surface area contributed by atoms with E-state index in [9.17, 15) is 13.9 Å². The van der Waals surface area contributed by atoms with Gasteiger partial charge in [0, 0.05) is 56.1 Å². The number of likely N-dealkylation sites (N-methyl/N-ethyl adjacent to an activating group) is 3. The predicted molar refractivity (Wildman–Crippen MR) is 244 cm³/mol. The molecule has 1 aromatic rings. The van der Waals surface area contributed by atoms with Crippen molar-refractivity contribution in [3.05, 3.63) is 81.9 Å². The summed E-state index contributed by atoms with van der Waals surface area (Å²) >= 11 is 0. The number of rotatable bonds is 21. The lowest BCUT2D eigenvalue weighted by Gasteiger charge is -2.36. The van der Waals surface area contributed by atoms with E-state index in [4.69, 9.17) is 20.2 Å². The number of nitrogens with two attached hydrogens (primary N) is 1. The molecule has 0 radical (unpaired) electrons. The van der Waals surface area contributed by atoms with Crippen molar-refractivity contribution in [2.24, 2.45) is 21.1 Å². The molecular formula is C43H70N11O5S+. The number of aliphatic hydroxyl groups is 1. The van der Waals surface area contributed by atoms with Crippen LogP contribution < -0.4 is 47.1 Å². The first-order chi connectivity index (χ1) is 28.6. The van der Waals surface area contributed by atoms with Gasteiger partial charge in [-0.1, -0.05) is 51.5 Å². The molecule has 60 heavy (non-hydrogen) atoms. The van der Waals surface area contributed by atoms with Crippen LogP contribution in [0.25, 0.3) is 0 Å². The van der Waals surface area contributed by atoms with Crippen LogP contribution in [-0.4, -0.2) is 112 Å². The number of anilines is 1. The van der Waals surface area contributed by atoms with Gasteiger partial charge in [-0.05, 0) is 97.8 Å². The van der Waals surface area contributed by atoms with Gasteiger partial charge < -0.3 is 41.2 Å².